The molecule has 0 aromatic heterocycles. The lowest BCUT2D eigenvalue weighted by molar-refractivity contribution is -0.138. The van der Waals surface area contributed by atoms with Crippen molar-refractivity contribution in [3.63, 3.8) is 0 Å². The number of hydrogen-bond acceptors (Lipinski definition) is 1. The van der Waals surface area contributed by atoms with Crippen molar-refractivity contribution >= 4 is 0 Å². The Morgan fingerprint density at radius 1 is 1.15 bits per heavy atom. The van der Waals surface area contributed by atoms with Crippen molar-refractivity contribution in [1.29, 1.82) is 0 Å². The number of rotatable bonds is 3. The third-order valence-electron chi connectivity index (χ3n) is 4.34. The van der Waals surface area contributed by atoms with E-state index < -0.39 is 11.7 Å². The molecular formula is C16H22F3N. The van der Waals surface area contributed by atoms with Crippen LogP contribution in [0.5, 0.6) is 0 Å². The second kappa shape index (κ2) is 6.17. The van der Waals surface area contributed by atoms with Crippen LogP contribution in [-0.4, -0.2) is 6.04 Å². The zero-order valence-electron chi connectivity index (χ0n) is 12.0. The Morgan fingerprint density at radius 3 is 2.55 bits per heavy atom. The maximum atomic E-state index is 12.9. The van der Waals surface area contributed by atoms with E-state index in [-0.39, 0.29) is 6.54 Å². The molecular weight excluding hydrogens is 263 g/mol. The van der Waals surface area contributed by atoms with E-state index in [0.717, 1.165) is 18.9 Å². The monoisotopic (exact) mass is 285 g/mol. The van der Waals surface area contributed by atoms with Crippen molar-refractivity contribution in [2.45, 2.75) is 51.9 Å². The van der Waals surface area contributed by atoms with E-state index in [9.17, 15) is 13.2 Å². The minimum absolute atomic E-state index is 0.289. The highest BCUT2D eigenvalue weighted by atomic mass is 19.4. The molecule has 3 atom stereocenters. The summed E-state index contributed by atoms with van der Waals surface area (Å²) < 4.78 is 38.8. The summed E-state index contributed by atoms with van der Waals surface area (Å²) >= 11 is 0. The largest absolute Gasteiger partial charge is 0.416 e. The molecule has 1 aromatic rings. The summed E-state index contributed by atoms with van der Waals surface area (Å²) in [6.45, 7) is 4.68. The summed E-state index contributed by atoms with van der Waals surface area (Å²) in [5.41, 5.74) is -0.186. The van der Waals surface area contributed by atoms with E-state index in [2.05, 4.69) is 19.2 Å². The van der Waals surface area contributed by atoms with Crippen LogP contribution in [0.4, 0.5) is 13.2 Å². The second-order valence-corrected chi connectivity index (χ2v) is 6.04. The lowest BCUT2D eigenvalue weighted by Crippen LogP contribution is -2.39. The van der Waals surface area contributed by atoms with Crippen LogP contribution in [-0.2, 0) is 12.7 Å². The van der Waals surface area contributed by atoms with Gasteiger partial charge >= 0.3 is 6.18 Å². The highest BCUT2D eigenvalue weighted by Crippen LogP contribution is 2.33. The van der Waals surface area contributed by atoms with E-state index in [1.165, 1.54) is 12.5 Å². The molecule has 0 aliphatic heterocycles. The van der Waals surface area contributed by atoms with Gasteiger partial charge in [-0.1, -0.05) is 38.5 Å². The number of benzene rings is 1. The van der Waals surface area contributed by atoms with E-state index in [1.54, 1.807) is 12.1 Å². The lowest BCUT2D eigenvalue weighted by Gasteiger charge is -2.33. The molecule has 0 bridgehead atoms. The molecule has 112 valence electrons. The van der Waals surface area contributed by atoms with Gasteiger partial charge in [0.2, 0.25) is 0 Å². The highest BCUT2D eigenvalue weighted by Gasteiger charge is 2.33. The average Bonchev–Trinajstić information content (AvgIpc) is 2.39. The molecule has 0 amide bonds. The summed E-state index contributed by atoms with van der Waals surface area (Å²) in [4.78, 5) is 0. The minimum atomic E-state index is -4.27. The SMILES string of the molecule is CC1CCC(C)C(NCc2ccccc2C(F)(F)F)C1. The van der Waals surface area contributed by atoms with Gasteiger partial charge in [-0.3, -0.25) is 0 Å². The molecule has 1 N–H and O–H groups in total. The Hall–Kier alpha value is -1.03. The van der Waals surface area contributed by atoms with Crippen LogP contribution in [0, 0.1) is 11.8 Å². The number of alkyl halides is 3. The smallest absolute Gasteiger partial charge is 0.310 e. The first-order valence-corrected chi connectivity index (χ1v) is 7.26. The zero-order valence-corrected chi connectivity index (χ0v) is 12.0. The molecule has 0 radical (unpaired) electrons. The fraction of sp³-hybridized carbons (Fsp3) is 0.625. The highest BCUT2D eigenvalue weighted by molar-refractivity contribution is 5.29. The Balaban J connectivity index is 2.04. The molecule has 4 heteroatoms. The maximum absolute atomic E-state index is 12.9. The first-order valence-electron chi connectivity index (χ1n) is 7.26. The molecule has 1 aliphatic carbocycles. The summed E-state index contributed by atoms with van der Waals surface area (Å²) in [7, 11) is 0. The Morgan fingerprint density at radius 2 is 1.85 bits per heavy atom. The van der Waals surface area contributed by atoms with E-state index in [0.29, 0.717) is 23.4 Å². The van der Waals surface area contributed by atoms with Crippen molar-refractivity contribution in [3.8, 4) is 0 Å². The second-order valence-electron chi connectivity index (χ2n) is 6.04. The van der Waals surface area contributed by atoms with Gasteiger partial charge in [-0.25, -0.2) is 0 Å². The van der Waals surface area contributed by atoms with E-state index in [4.69, 9.17) is 0 Å². The van der Waals surface area contributed by atoms with Crippen LogP contribution in [0.15, 0.2) is 24.3 Å². The molecule has 0 saturated heterocycles. The summed E-state index contributed by atoms with van der Waals surface area (Å²) in [6.07, 6.45) is -0.850. The van der Waals surface area contributed by atoms with Crippen molar-refractivity contribution in [3.05, 3.63) is 35.4 Å². The molecule has 1 saturated carbocycles. The van der Waals surface area contributed by atoms with Crippen molar-refractivity contribution in [2.24, 2.45) is 11.8 Å². The fourth-order valence-corrected chi connectivity index (χ4v) is 3.01. The van der Waals surface area contributed by atoms with Gasteiger partial charge in [-0.2, -0.15) is 13.2 Å². The molecule has 0 heterocycles. The fourth-order valence-electron chi connectivity index (χ4n) is 3.01. The third kappa shape index (κ3) is 3.75. The first kappa shape index (κ1) is 15.4. The predicted octanol–water partition coefficient (Wildman–Crippen LogP) is 4.62. The first-order chi connectivity index (χ1) is 9.38. The van der Waals surface area contributed by atoms with Gasteiger partial charge in [-0.15, -0.1) is 0 Å². The van der Waals surface area contributed by atoms with E-state index >= 15 is 0 Å². The summed E-state index contributed by atoms with van der Waals surface area (Å²) in [5, 5.41) is 3.33. The molecule has 3 unspecified atom stereocenters. The van der Waals surface area contributed by atoms with Crippen LogP contribution in [0.3, 0.4) is 0 Å². The molecule has 2 rings (SSSR count). The van der Waals surface area contributed by atoms with Crippen LogP contribution in [0.2, 0.25) is 0 Å². The number of nitrogens with one attached hydrogen (secondary N) is 1. The van der Waals surface area contributed by atoms with E-state index in [1.807, 2.05) is 0 Å². The van der Waals surface area contributed by atoms with Crippen LogP contribution in [0.1, 0.15) is 44.2 Å². The van der Waals surface area contributed by atoms with Crippen molar-refractivity contribution < 1.29 is 13.2 Å². The molecule has 1 nitrogen and oxygen atoms in total. The van der Waals surface area contributed by atoms with Crippen molar-refractivity contribution in [2.75, 3.05) is 0 Å². The van der Waals surface area contributed by atoms with Crippen molar-refractivity contribution in [1.82, 2.24) is 5.32 Å². The zero-order chi connectivity index (χ0) is 14.8. The number of halogens is 3. The topological polar surface area (TPSA) is 12.0 Å². The van der Waals surface area contributed by atoms with Gasteiger partial charge in [0.1, 0.15) is 0 Å². The van der Waals surface area contributed by atoms with Gasteiger partial charge in [0.15, 0.2) is 0 Å². The van der Waals surface area contributed by atoms with Crippen LogP contribution < -0.4 is 5.32 Å². The van der Waals surface area contributed by atoms with Gasteiger partial charge in [0, 0.05) is 12.6 Å². The number of hydrogen-bond donors (Lipinski definition) is 1. The van der Waals surface area contributed by atoms with Gasteiger partial charge in [0.25, 0.3) is 0 Å². The standard InChI is InChI=1S/C16H22F3N/c1-11-7-8-12(2)15(9-11)20-10-13-5-3-4-6-14(13)16(17,18)19/h3-6,11-12,15,20H,7-10H2,1-2H3. The Bertz CT molecular complexity index is 442. The molecule has 1 fully saturated rings. The minimum Gasteiger partial charge on any atom is -0.310 e. The van der Waals surface area contributed by atoms with Gasteiger partial charge in [0.05, 0.1) is 5.56 Å². The lowest BCUT2D eigenvalue weighted by atomic mass is 9.80. The van der Waals surface area contributed by atoms with Crippen LogP contribution in [0.25, 0.3) is 0 Å². The quantitative estimate of drug-likeness (QED) is 0.854. The normalized spacial score (nSPS) is 27.6. The third-order valence-corrected chi connectivity index (χ3v) is 4.34. The molecule has 1 aromatic carbocycles. The Kier molecular flexibility index (Phi) is 4.74. The summed E-state index contributed by atoms with van der Waals surface area (Å²) in [6, 6.07) is 6.15. The van der Waals surface area contributed by atoms with Gasteiger partial charge < -0.3 is 5.32 Å². The van der Waals surface area contributed by atoms with Crippen LogP contribution >= 0.6 is 0 Å². The molecule has 20 heavy (non-hydrogen) atoms. The maximum Gasteiger partial charge on any atom is 0.416 e. The average molecular weight is 285 g/mol. The Labute approximate surface area is 118 Å². The van der Waals surface area contributed by atoms with Gasteiger partial charge in [-0.05, 0) is 36.3 Å². The summed E-state index contributed by atoms with van der Waals surface area (Å²) in [5.74, 6) is 1.19. The predicted molar refractivity (Wildman–Crippen MR) is 74.3 cm³/mol. The molecule has 0 spiro atoms. The molecule has 1 aliphatic rings.